The van der Waals surface area contributed by atoms with Crippen molar-refractivity contribution in [3.05, 3.63) is 67.9 Å². The van der Waals surface area contributed by atoms with Crippen molar-refractivity contribution < 1.29 is 4.39 Å². The molecule has 0 heterocycles. The summed E-state index contributed by atoms with van der Waals surface area (Å²) in [5.41, 5.74) is 3.00. The monoisotopic (exact) mass is 448 g/mol. The highest BCUT2D eigenvalue weighted by atomic mass is 79.9. The van der Waals surface area contributed by atoms with Gasteiger partial charge in [0.25, 0.3) is 0 Å². The van der Waals surface area contributed by atoms with Gasteiger partial charge in [0.15, 0.2) is 0 Å². The molecule has 100 valence electrons. The molecule has 2 aromatic carbocycles. The summed E-state index contributed by atoms with van der Waals surface area (Å²) in [4.78, 5) is 0.0654. The zero-order valence-electron chi connectivity index (χ0n) is 10.3. The van der Waals surface area contributed by atoms with Gasteiger partial charge in [-0.3, -0.25) is 0 Å². The predicted octanol–water partition coefficient (Wildman–Crippen LogP) is 6.34. The molecule has 0 spiro atoms. The zero-order valence-corrected chi connectivity index (χ0v) is 15.0. The van der Waals surface area contributed by atoms with Crippen molar-refractivity contribution in [2.75, 3.05) is 0 Å². The third-order valence-electron chi connectivity index (χ3n) is 2.97. The number of halogens is 4. The van der Waals surface area contributed by atoms with Crippen LogP contribution in [0.5, 0.6) is 0 Å². The molecule has 0 radical (unpaired) electrons. The van der Waals surface area contributed by atoms with Crippen LogP contribution in [0.2, 0.25) is 0 Å². The largest absolute Gasteiger partial charge is 0.207 e. The van der Waals surface area contributed by atoms with Crippen LogP contribution in [0.15, 0.2) is 45.3 Å². The number of alkyl halides is 1. The van der Waals surface area contributed by atoms with Crippen LogP contribution >= 0.6 is 47.8 Å². The summed E-state index contributed by atoms with van der Waals surface area (Å²) >= 11 is 10.8. The summed E-state index contributed by atoms with van der Waals surface area (Å²) in [5.74, 6) is -0.158. The van der Waals surface area contributed by atoms with Crippen LogP contribution in [0.1, 0.15) is 21.5 Å². The highest BCUT2D eigenvalue weighted by molar-refractivity contribution is 9.11. The maximum absolute atomic E-state index is 13.7. The van der Waals surface area contributed by atoms with Gasteiger partial charge >= 0.3 is 0 Å². The van der Waals surface area contributed by atoms with Gasteiger partial charge in [-0.1, -0.05) is 66.0 Å². The predicted molar refractivity (Wildman–Crippen MR) is 88.4 cm³/mol. The Morgan fingerprint density at radius 3 is 2.47 bits per heavy atom. The lowest BCUT2D eigenvalue weighted by molar-refractivity contribution is 0.608. The van der Waals surface area contributed by atoms with Gasteiger partial charge in [-0.2, -0.15) is 0 Å². The third kappa shape index (κ3) is 3.67. The molecular weight excluding hydrogens is 439 g/mol. The highest BCUT2D eigenvalue weighted by Gasteiger charge is 2.15. The second kappa shape index (κ2) is 6.51. The van der Waals surface area contributed by atoms with Gasteiger partial charge in [0.05, 0.1) is 0 Å². The van der Waals surface area contributed by atoms with Gasteiger partial charge in [0, 0.05) is 13.8 Å². The first kappa shape index (κ1) is 15.2. The smallest absolute Gasteiger partial charge is 0.126 e. The standard InChI is InChI=1S/C15H12Br3F/c1-9-6-13(17)11(8-12(9)16)14(18)7-10-4-2-3-5-15(10)19/h2-6,8,14H,7H2,1H3. The van der Waals surface area contributed by atoms with E-state index in [-0.39, 0.29) is 10.6 Å². The van der Waals surface area contributed by atoms with E-state index in [1.165, 1.54) is 11.6 Å². The number of aryl methyl sites for hydroxylation is 1. The molecule has 4 heteroatoms. The number of hydrogen-bond donors (Lipinski definition) is 0. The minimum absolute atomic E-state index is 0.0654. The van der Waals surface area contributed by atoms with Gasteiger partial charge in [-0.25, -0.2) is 4.39 Å². The molecule has 0 saturated heterocycles. The number of rotatable bonds is 3. The summed E-state index contributed by atoms with van der Waals surface area (Å²) in [7, 11) is 0. The molecule has 1 unspecified atom stereocenters. The molecule has 1 atom stereocenters. The van der Waals surface area contributed by atoms with E-state index >= 15 is 0 Å². The van der Waals surface area contributed by atoms with Crippen molar-refractivity contribution in [2.45, 2.75) is 18.2 Å². The van der Waals surface area contributed by atoms with Crippen molar-refractivity contribution in [3.8, 4) is 0 Å². The zero-order chi connectivity index (χ0) is 14.0. The molecule has 2 aromatic rings. The van der Waals surface area contributed by atoms with Crippen molar-refractivity contribution in [1.82, 2.24) is 0 Å². The quantitative estimate of drug-likeness (QED) is 0.479. The van der Waals surface area contributed by atoms with E-state index in [0.717, 1.165) is 14.5 Å². The molecule has 0 amide bonds. The van der Waals surface area contributed by atoms with Crippen LogP contribution in [-0.2, 0) is 6.42 Å². The van der Waals surface area contributed by atoms with Gasteiger partial charge < -0.3 is 0 Å². The molecule has 0 N–H and O–H groups in total. The van der Waals surface area contributed by atoms with Crippen LogP contribution in [0.25, 0.3) is 0 Å². The van der Waals surface area contributed by atoms with Gasteiger partial charge in [-0.05, 0) is 48.2 Å². The first-order valence-electron chi connectivity index (χ1n) is 5.82. The van der Waals surface area contributed by atoms with E-state index in [9.17, 15) is 4.39 Å². The summed E-state index contributed by atoms with van der Waals surface area (Å²) in [6.07, 6.45) is 0.612. The second-order valence-corrected chi connectivity index (χ2v) is 7.20. The van der Waals surface area contributed by atoms with Crippen LogP contribution in [0.4, 0.5) is 4.39 Å². The molecule has 19 heavy (non-hydrogen) atoms. The minimum atomic E-state index is -0.158. The molecule has 2 rings (SSSR count). The normalized spacial score (nSPS) is 12.5. The second-order valence-electron chi connectivity index (χ2n) is 4.39. The summed E-state index contributed by atoms with van der Waals surface area (Å²) < 4.78 is 15.8. The maximum Gasteiger partial charge on any atom is 0.126 e. The van der Waals surface area contributed by atoms with E-state index < -0.39 is 0 Å². The van der Waals surface area contributed by atoms with Crippen LogP contribution in [-0.4, -0.2) is 0 Å². The minimum Gasteiger partial charge on any atom is -0.207 e. The summed E-state index contributed by atoms with van der Waals surface area (Å²) in [6, 6.07) is 11.0. The highest BCUT2D eigenvalue weighted by Crippen LogP contribution is 2.36. The maximum atomic E-state index is 13.7. The molecule has 0 aliphatic carbocycles. The van der Waals surface area contributed by atoms with Crippen LogP contribution < -0.4 is 0 Å². The molecule has 0 saturated carbocycles. The van der Waals surface area contributed by atoms with Gasteiger partial charge in [0.2, 0.25) is 0 Å². The van der Waals surface area contributed by atoms with Crippen LogP contribution in [0.3, 0.4) is 0 Å². The SMILES string of the molecule is Cc1cc(Br)c(C(Br)Cc2ccccc2F)cc1Br. The Bertz CT molecular complexity index is 596. The number of benzene rings is 2. The van der Waals surface area contributed by atoms with Crippen molar-refractivity contribution >= 4 is 47.8 Å². The van der Waals surface area contributed by atoms with Gasteiger partial charge in [-0.15, -0.1) is 0 Å². The number of hydrogen-bond acceptors (Lipinski definition) is 0. The summed E-state index contributed by atoms with van der Waals surface area (Å²) in [6.45, 7) is 2.04. The van der Waals surface area contributed by atoms with Crippen molar-refractivity contribution in [2.24, 2.45) is 0 Å². The first-order chi connectivity index (χ1) is 8.99. The Kier molecular flexibility index (Phi) is 5.21. The van der Waals surface area contributed by atoms with Crippen molar-refractivity contribution in [1.29, 1.82) is 0 Å². The fourth-order valence-corrected chi connectivity index (χ4v) is 4.00. The molecule has 0 nitrogen and oxygen atoms in total. The summed E-state index contributed by atoms with van der Waals surface area (Å²) in [5, 5.41) is 0. The molecule has 0 aliphatic rings. The Morgan fingerprint density at radius 2 is 1.79 bits per heavy atom. The molecule has 0 aromatic heterocycles. The Morgan fingerprint density at radius 1 is 1.11 bits per heavy atom. The molecule has 0 fully saturated rings. The Labute approximate surface area is 137 Å². The fourth-order valence-electron chi connectivity index (χ4n) is 1.87. The van der Waals surface area contributed by atoms with E-state index in [4.69, 9.17) is 0 Å². The third-order valence-corrected chi connectivity index (χ3v) is 5.33. The van der Waals surface area contributed by atoms with E-state index in [1.807, 2.05) is 19.1 Å². The van der Waals surface area contributed by atoms with Gasteiger partial charge in [0.1, 0.15) is 5.82 Å². The Hall–Kier alpha value is -0.190. The van der Waals surface area contributed by atoms with E-state index in [0.29, 0.717) is 12.0 Å². The Balaban J connectivity index is 2.28. The average molecular weight is 451 g/mol. The lowest BCUT2D eigenvalue weighted by Crippen LogP contribution is -1.99. The van der Waals surface area contributed by atoms with E-state index in [1.54, 1.807) is 6.07 Å². The molecular formula is C15H12Br3F. The van der Waals surface area contributed by atoms with Crippen molar-refractivity contribution in [3.63, 3.8) is 0 Å². The molecule has 0 bridgehead atoms. The fraction of sp³-hybridized carbons (Fsp3) is 0.200. The average Bonchev–Trinajstić information content (AvgIpc) is 2.36. The lowest BCUT2D eigenvalue weighted by atomic mass is 10.0. The van der Waals surface area contributed by atoms with E-state index in [2.05, 4.69) is 59.9 Å². The first-order valence-corrected chi connectivity index (χ1v) is 8.32. The topological polar surface area (TPSA) is 0 Å². The van der Waals surface area contributed by atoms with Crippen LogP contribution in [0, 0.1) is 12.7 Å². The molecule has 0 aliphatic heterocycles. The lowest BCUT2D eigenvalue weighted by Gasteiger charge is -2.14.